The summed E-state index contributed by atoms with van der Waals surface area (Å²) < 4.78 is 10.2. The number of aromatic nitrogens is 2. The fourth-order valence-corrected chi connectivity index (χ4v) is 4.16. The standard InChI is InChI=1S/C22H11N4O/c1-24-18-6-7-19-17(16(18)10-23)12-25-11-13-8-15-14-4-2-3-5-21(14)27-22(15)9-20(13)26(19)25/h2-9,12H,11H2/q+1. The third-order valence-corrected chi connectivity index (χ3v) is 5.33. The van der Waals surface area contributed by atoms with Gasteiger partial charge in [-0.3, -0.25) is 0 Å². The van der Waals surface area contributed by atoms with E-state index in [-0.39, 0.29) is 0 Å². The minimum atomic E-state index is 0.392. The number of hydrogen-bond acceptors (Lipinski definition) is 2. The molecule has 0 unspecified atom stereocenters. The van der Waals surface area contributed by atoms with Gasteiger partial charge in [-0.15, -0.1) is 9.36 Å². The Hall–Kier alpha value is -4.09. The molecule has 2 aromatic heterocycles. The zero-order chi connectivity index (χ0) is 18.1. The van der Waals surface area contributed by atoms with Gasteiger partial charge in [0.05, 0.1) is 23.6 Å². The molecule has 1 aliphatic heterocycles. The van der Waals surface area contributed by atoms with E-state index >= 15 is 0 Å². The van der Waals surface area contributed by atoms with Crippen molar-refractivity contribution in [3.63, 3.8) is 0 Å². The highest BCUT2D eigenvalue weighted by Gasteiger charge is 2.31. The second-order valence-electron chi connectivity index (χ2n) is 6.73. The largest absolute Gasteiger partial charge is 0.456 e. The molecule has 124 valence electrons. The molecule has 0 atom stereocenters. The molecule has 6 rings (SSSR count). The van der Waals surface area contributed by atoms with Crippen molar-refractivity contribution in [3.8, 4) is 11.8 Å². The molecule has 1 aliphatic rings. The van der Waals surface area contributed by atoms with Crippen molar-refractivity contribution in [3.05, 3.63) is 77.3 Å². The molecule has 5 aromatic rings. The zero-order valence-corrected chi connectivity index (χ0v) is 14.1. The van der Waals surface area contributed by atoms with E-state index in [1.807, 2.05) is 30.5 Å². The summed E-state index contributed by atoms with van der Waals surface area (Å²) in [6.45, 7) is 8.01. The monoisotopic (exact) mass is 347 g/mol. The van der Waals surface area contributed by atoms with E-state index in [2.05, 4.69) is 38.5 Å². The third-order valence-electron chi connectivity index (χ3n) is 5.33. The third kappa shape index (κ3) is 1.68. The van der Waals surface area contributed by atoms with Gasteiger partial charge in [-0.25, -0.2) is 4.85 Å². The lowest BCUT2D eigenvalue weighted by Crippen LogP contribution is -2.36. The van der Waals surface area contributed by atoms with Crippen LogP contribution in [0.4, 0.5) is 5.69 Å². The van der Waals surface area contributed by atoms with Crippen molar-refractivity contribution in [1.29, 1.82) is 5.26 Å². The van der Waals surface area contributed by atoms with Crippen LogP contribution >= 0.6 is 0 Å². The highest BCUT2D eigenvalue weighted by Crippen LogP contribution is 2.36. The first-order valence-corrected chi connectivity index (χ1v) is 8.59. The molecule has 0 saturated heterocycles. The minimum absolute atomic E-state index is 0.392. The first-order valence-electron chi connectivity index (χ1n) is 8.59. The van der Waals surface area contributed by atoms with Crippen LogP contribution in [0.1, 0.15) is 11.1 Å². The Morgan fingerprint density at radius 3 is 2.81 bits per heavy atom. The number of rotatable bonds is 0. The summed E-state index contributed by atoms with van der Waals surface area (Å²) in [4.78, 5) is 3.48. The lowest BCUT2D eigenvalue weighted by molar-refractivity contribution is -0.749. The molecule has 0 amide bonds. The van der Waals surface area contributed by atoms with Crippen molar-refractivity contribution >= 4 is 38.5 Å². The van der Waals surface area contributed by atoms with E-state index in [9.17, 15) is 5.26 Å². The quantitative estimate of drug-likeness (QED) is 0.298. The smallest absolute Gasteiger partial charge is 0.205 e. The summed E-state index contributed by atoms with van der Waals surface area (Å²) in [6, 6.07) is 18.2. The molecule has 0 aliphatic carbocycles. The molecule has 5 nitrogen and oxygen atoms in total. The summed E-state index contributed by atoms with van der Waals surface area (Å²) in [5.74, 6) is 0. The van der Waals surface area contributed by atoms with Crippen molar-refractivity contribution in [2.75, 3.05) is 0 Å². The summed E-state index contributed by atoms with van der Waals surface area (Å²) >= 11 is 0. The summed E-state index contributed by atoms with van der Waals surface area (Å²) in [6.07, 6.45) is 1.96. The molecule has 0 spiro atoms. The highest BCUT2D eigenvalue weighted by atomic mass is 16.3. The maximum absolute atomic E-state index is 9.53. The van der Waals surface area contributed by atoms with Crippen LogP contribution < -0.4 is 4.68 Å². The first-order chi connectivity index (χ1) is 13.3. The van der Waals surface area contributed by atoms with E-state index in [0.29, 0.717) is 11.3 Å². The van der Waals surface area contributed by atoms with Crippen LogP contribution in [-0.4, -0.2) is 4.68 Å². The van der Waals surface area contributed by atoms with Crippen molar-refractivity contribution in [1.82, 2.24) is 4.68 Å². The highest BCUT2D eigenvalue weighted by molar-refractivity contribution is 6.06. The molecule has 5 heteroatoms. The van der Waals surface area contributed by atoms with E-state index in [4.69, 9.17) is 11.0 Å². The second-order valence-corrected chi connectivity index (χ2v) is 6.73. The molecule has 0 N–H and O–H groups in total. The lowest BCUT2D eigenvalue weighted by Gasteiger charge is -2.00. The molecule has 27 heavy (non-hydrogen) atoms. The second kappa shape index (κ2) is 4.75. The number of furan rings is 1. The summed E-state index contributed by atoms with van der Waals surface area (Å²) in [7, 11) is 0. The number of fused-ring (bicyclic) bond motifs is 8. The van der Waals surface area contributed by atoms with Crippen molar-refractivity contribution in [2.24, 2.45) is 0 Å². The van der Waals surface area contributed by atoms with Gasteiger partial charge in [-0.1, -0.05) is 24.3 Å². The predicted octanol–water partition coefficient (Wildman–Crippen LogP) is 4.60. The first kappa shape index (κ1) is 14.1. The van der Waals surface area contributed by atoms with Crippen molar-refractivity contribution < 1.29 is 9.10 Å². The Morgan fingerprint density at radius 2 is 1.96 bits per heavy atom. The zero-order valence-electron chi connectivity index (χ0n) is 14.1. The number of para-hydroxylation sites is 1. The van der Waals surface area contributed by atoms with Gasteiger partial charge >= 0.3 is 0 Å². The molecular weight excluding hydrogens is 336 g/mol. The van der Waals surface area contributed by atoms with Crippen LogP contribution in [0.15, 0.2) is 59.1 Å². The average Bonchev–Trinajstić information content (AvgIpc) is 3.34. The topological polar surface area (TPSA) is 50.1 Å². The van der Waals surface area contributed by atoms with E-state index in [0.717, 1.165) is 45.1 Å². The minimum Gasteiger partial charge on any atom is -0.456 e. The number of benzene rings is 3. The van der Waals surface area contributed by atoms with E-state index in [1.165, 1.54) is 5.56 Å². The molecule has 0 saturated carbocycles. The predicted molar refractivity (Wildman–Crippen MR) is 101 cm³/mol. The number of nitriles is 1. The van der Waals surface area contributed by atoms with Gasteiger partial charge in [0.15, 0.2) is 6.54 Å². The lowest BCUT2D eigenvalue weighted by atomic mass is 10.1. The Bertz CT molecular complexity index is 1520. The fourth-order valence-electron chi connectivity index (χ4n) is 4.16. The van der Waals surface area contributed by atoms with Crippen LogP contribution in [0, 0.1) is 17.9 Å². The number of nitrogens with zero attached hydrogens (tertiary/aromatic N) is 4. The van der Waals surface area contributed by atoms with Crippen LogP contribution in [0.2, 0.25) is 0 Å². The van der Waals surface area contributed by atoms with Crippen LogP contribution in [-0.2, 0) is 6.54 Å². The normalized spacial score (nSPS) is 12.2. The molecule has 0 fully saturated rings. The Kier molecular flexibility index (Phi) is 2.48. The molecular formula is C22H11N4O+. The molecule has 0 radical (unpaired) electrons. The summed E-state index contributed by atoms with van der Waals surface area (Å²) in [5.41, 5.74) is 5.75. The van der Waals surface area contributed by atoms with Gasteiger partial charge < -0.3 is 4.42 Å². The molecule has 3 aromatic carbocycles. The van der Waals surface area contributed by atoms with Gasteiger partial charge in [0.2, 0.25) is 11.9 Å². The van der Waals surface area contributed by atoms with Crippen LogP contribution in [0.25, 0.3) is 43.4 Å². The SMILES string of the molecule is [C-]#[N+]c1ccc2c(c[n+]3n2-c2cc4oc5ccccc5c4cc2C3)c1C#N. The van der Waals surface area contributed by atoms with E-state index in [1.54, 1.807) is 6.07 Å². The van der Waals surface area contributed by atoms with Gasteiger partial charge in [0, 0.05) is 22.4 Å². The fraction of sp³-hybridized carbons (Fsp3) is 0.0455. The number of hydrogen-bond donors (Lipinski definition) is 0. The molecule has 0 bridgehead atoms. The summed E-state index contributed by atoms with van der Waals surface area (Å²) in [5, 5.41) is 12.6. The van der Waals surface area contributed by atoms with Gasteiger partial charge in [0.25, 0.3) is 0 Å². The van der Waals surface area contributed by atoms with Gasteiger partial charge in [0.1, 0.15) is 22.4 Å². The molecule has 3 heterocycles. The van der Waals surface area contributed by atoms with E-state index < -0.39 is 0 Å². The van der Waals surface area contributed by atoms with Crippen molar-refractivity contribution in [2.45, 2.75) is 6.54 Å². The van der Waals surface area contributed by atoms with Gasteiger partial charge in [-0.2, -0.15) is 5.26 Å². The Morgan fingerprint density at radius 1 is 1.07 bits per heavy atom. The Balaban J connectivity index is 1.69. The average molecular weight is 347 g/mol. The van der Waals surface area contributed by atoms with Crippen LogP contribution in [0.5, 0.6) is 0 Å². The maximum Gasteiger partial charge on any atom is 0.205 e. The maximum atomic E-state index is 9.53. The van der Waals surface area contributed by atoms with Gasteiger partial charge in [-0.05, 0) is 18.2 Å². The Labute approximate surface area is 153 Å². The van der Waals surface area contributed by atoms with Crippen LogP contribution in [0.3, 0.4) is 0 Å².